The van der Waals surface area contributed by atoms with E-state index in [0.717, 1.165) is 19.6 Å². The second kappa shape index (κ2) is 7.26. The van der Waals surface area contributed by atoms with Crippen LogP contribution in [0.2, 0.25) is 0 Å². The molecule has 0 saturated carbocycles. The molecule has 2 aliphatic rings. The van der Waals surface area contributed by atoms with E-state index in [1.165, 1.54) is 19.3 Å². The number of carbonyl (C=O) groups is 1. The number of hydrogen-bond donors (Lipinski definition) is 2. The van der Waals surface area contributed by atoms with E-state index in [1.54, 1.807) is 0 Å². The lowest BCUT2D eigenvalue weighted by Gasteiger charge is -2.26. The first kappa shape index (κ1) is 15.6. The van der Waals surface area contributed by atoms with Crippen LogP contribution in [-0.4, -0.2) is 63.6 Å². The van der Waals surface area contributed by atoms with Gasteiger partial charge in [-0.25, -0.2) is 13.2 Å². The van der Waals surface area contributed by atoms with E-state index < -0.39 is 9.84 Å². The minimum absolute atomic E-state index is 0.0767. The monoisotopic (exact) mass is 303 g/mol. The molecule has 7 heteroatoms. The highest BCUT2D eigenvalue weighted by molar-refractivity contribution is 7.91. The Morgan fingerprint density at radius 3 is 2.55 bits per heavy atom. The van der Waals surface area contributed by atoms with Crippen molar-refractivity contribution in [2.75, 3.05) is 44.2 Å². The molecule has 20 heavy (non-hydrogen) atoms. The van der Waals surface area contributed by atoms with E-state index in [4.69, 9.17) is 0 Å². The zero-order valence-electron chi connectivity index (χ0n) is 11.9. The number of urea groups is 1. The predicted molar refractivity (Wildman–Crippen MR) is 78.5 cm³/mol. The van der Waals surface area contributed by atoms with Gasteiger partial charge >= 0.3 is 6.03 Å². The molecule has 2 amide bonds. The van der Waals surface area contributed by atoms with E-state index in [9.17, 15) is 13.2 Å². The Morgan fingerprint density at radius 2 is 1.90 bits per heavy atom. The van der Waals surface area contributed by atoms with Gasteiger partial charge in [0.1, 0.15) is 0 Å². The summed E-state index contributed by atoms with van der Waals surface area (Å²) in [6, 6.07) is -0.189. The summed E-state index contributed by atoms with van der Waals surface area (Å²) in [5.41, 5.74) is 0. The third kappa shape index (κ3) is 5.28. The lowest BCUT2D eigenvalue weighted by Crippen LogP contribution is -2.43. The van der Waals surface area contributed by atoms with Crippen LogP contribution in [0.15, 0.2) is 0 Å². The molecule has 0 bridgehead atoms. The Labute approximate surface area is 121 Å². The minimum Gasteiger partial charge on any atom is -0.338 e. The van der Waals surface area contributed by atoms with Crippen molar-refractivity contribution in [1.82, 2.24) is 15.5 Å². The van der Waals surface area contributed by atoms with Gasteiger partial charge in [0.25, 0.3) is 0 Å². The third-order valence-electron chi connectivity index (χ3n) is 4.04. The number of nitrogens with one attached hydrogen (secondary N) is 2. The van der Waals surface area contributed by atoms with Crippen molar-refractivity contribution < 1.29 is 13.2 Å². The zero-order chi connectivity index (χ0) is 14.4. The number of sulfone groups is 1. The Kier molecular flexibility index (Phi) is 5.65. The average Bonchev–Trinajstić information content (AvgIpc) is 2.77. The first-order valence-electron chi connectivity index (χ1n) is 7.50. The van der Waals surface area contributed by atoms with Gasteiger partial charge in [0.15, 0.2) is 9.84 Å². The van der Waals surface area contributed by atoms with Crippen LogP contribution in [0.3, 0.4) is 0 Å². The van der Waals surface area contributed by atoms with Gasteiger partial charge in [0.05, 0.1) is 11.5 Å². The largest absolute Gasteiger partial charge is 0.338 e. The second-order valence-electron chi connectivity index (χ2n) is 5.81. The highest BCUT2D eigenvalue weighted by Gasteiger charge is 2.27. The van der Waals surface area contributed by atoms with Gasteiger partial charge in [-0.2, -0.15) is 0 Å². The van der Waals surface area contributed by atoms with E-state index in [1.807, 2.05) is 0 Å². The van der Waals surface area contributed by atoms with Crippen molar-refractivity contribution in [2.24, 2.45) is 5.92 Å². The molecule has 2 N–H and O–H groups in total. The molecule has 0 aliphatic carbocycles. The van der Waals surface area contributed by atoms with Gasteiger partial charge in [-0.3, -0.25) is 0 Å². The Morgan fingerprint density at radius 1 is 1.15 bits per heavy atom. The van der Waals surface area contributed by atoms with Crippen molar-refractivity contribution in [3.63, 3.8) is 0 Å². The summed E-state index contributed by atoms with van der Waals surface area (Å²) >= 11 is 0. The molecule has 2 heterocycles. The molecule has 0 spiro atoms. The van der Waals surface area contributed by atoms with Crippen molar-refractivity contribution in [3.05, 3.63) is 0 Å². The SMILES string of the molecule is O=C(NCCN1CCCCC1)NC[C@@H]1CCS(=O)(=O)C1. The van der Waals surface area contributed by atoms with E-state index in [0.29, 0.717) is 19.5 Å². The minimum atomic E-state index is -2.85. The Bertz CT molecular complexity index is 419. The standard InChI is InChI=1S/C13H25N3O3S/c17-13(14-5-8-16-6-2-1-3-7-16)15-10-12-4-9-20(18,19)11-12/h12H,1-11H2,(H2,14,15,17)/t12-/m0/s1. The highest BCUT2D eigenvalue weighted by atomic mass is 32.2. The number of amides is 2. The fourth-order valence-electron chi connectivity index (χ4n) is 2.84. The van der Waals surface area contributed by atoms with Gasteiger partial charge < -0.3 is 15.5 Å². The van der Waals surface area contributed by atoms with Crippen LogP contribution in [0.25, 0.3) is 0 Å². The first-order chi connectivity index (χ1) is 9.55. The normalized spacial score (nSPS) is 26.3. The summed E-state index contributed by atoms with van der Waals surface area (Å²) in [6.45, 7) is 4.25. The number of likely N-dealkylation sites (tertiary alicyclic amines) is 1. The van der Waals surface area contributed by atoms with Crippen molar-refractivity contribution in [3.8, 4) is 0 Å². The summed E-state index contributed by atoms with van der Waals surface area (Å²) < 4.78 is 22.6. The summed E-state index contributed by atoms with van der Waals surface area (Å²) in [7, 11) is -2.85. The fraction of sp³-hybridized carbons (Fsp3) is 0.923. The molecule has 116 valence electrons. The zero-order valence-corrected chi connectivity index (χ0v) is 12.8. The molecule has 2 fully saturated rings. The number of piperidine rings is 1. The van der Waals surface area contributed by atoms with Gasteiger partial charge in [-0.05, 0) is 38.3 Å². The summed E-state index contributed by atoms with van der Waals surface area (Å²) in [6.07, 6.45) is 4.48. The highest BCUT2D eigenvalue weighted by Crippen LogP contribution is 2.17. The van der Waals surface area contributed by atoms with Crippen LogP contribution in [-0.2, 0) is 9.84 Å². The number of rotatable bonds is 5. The summed E-state index contributed by atoms with van der Waals surface area (Å²) in [4.78, 5) is 14.0. The topological polar surface area (TPSA) is 78.5 Å². The maximum Gasteiger partial charge on any atom is 0.314 e. The average molecular weight is 303 g/mol. The maximum absolute atomic E-state index is 11.6. The van der Waals surface area contributed by atoms with Crippen LogP contribution in [0.1, 0.15) is 25.7 Å². The predicted octanol–water partition coefficient (Wildman–Crippen LogP) is 0.206. The van der Waals surface area contributed by atoms with Gasteiger partial charge in [0, 0.05) is 19.6 Å². The lowest BCUT2D eigenvalue weighted by atomic mass is 10.1. The van der Waals surface area contributed by atoms with Crippen molar-refractivity contribution in [2.45, 2.75) is 25.7 Å². The van der Waals surface area contributed by atoms with Gasteiger partial charge in [0.2, 0.25) is 0 Å². The third-order valence-corrected chi connectivity index (χ3v) is 5.88. The van der Waals surface area contributed by atoms with E-state index >= 15 is 0 Å². The Hall–Kier alpha value is -0.820. The molecule has 2 saturated heterocycles. The molecule has 6 nitrogen and oxygen atoms in total. The first-order valence-corrected chi connectivity index (χ1v) is 9.32. The molecule has 0 radical (unpaired) electrons. The molecule has 0 aromatic rings. The van der Waals surface area contributed by atoms with Crippen LogP contribution in [0, 0.1) is 5.92 Å². The van der Waals surface area contributed by atoms with Gasteiger partial charge in [-0.15, -0.1) is 0 Å². The summed E-state index contributed by atoms with van der Waals surface area (Å²) in [5.74, 6) is 0.546. The fourth-order valence-corrected chi connectivity index (χ4v) is 4.70. The molecular formula is C13H25N3O3S. The lowest BCUT2D eigenvalue weighted by molar-refractivity contribution is 0.220. The molecule has 0 aromatic heterocycles. The number of hydrogen-bond acceptors (Lipinski definition) is 4. The van der Waals surface area contributed by atoms with E-state index in [-0.39, 0.29) is 23.5 Å². The van der Waals surface area contributed by atoms with Crippen LogP contribution >= 0.6 is 0 Å². The second-order valence-corrected chi connectivity index (χ2v) is 8.04. The quantitative estimate of drug-likeness (QED) is 0.761. The maximum atomic E-state index is 11.6. The number of nitrogens with zero attached hydrogens (tertiary/aromatic N) is 1. The smallest absolute Gasteiger partial charge is 0.314 e. The van der Waals surface area contributed by atoms with Crippen LogP contribution < -0.4 is 10.6 Å². The molecular weight excluding hydrogens is 278 g/mol. The molecule has 2 rings (SSSR count). The Balaban J connectivity index is 1.54. The molecule has 2 aliphatic heterocycles. The van der Waals surface area contributed by atoms with Crippen molar-refractivity contribution in [1.29, 1.82) is 0 Å². The van der Waals surface area contributed by atoms with Gasteiger partial charge in [-0.1, -0.05) is 6.42 Å². The van der Waals surface area contributed by atoms with Crippen molar-refractivity contribution >= 4 is 15.9 Å². The molecule has 1 atom stereocenters. The van der Waals surface area contributed by atoms with Crippen LogP contribution in [0.4, 0.5) is 4.79 Å². The van der Waals surface area contributed by atoms with E-state index in [2.05, 4.69) is 15.5 Å². The molecule has 0 aromatic carbocycles. The molecule has 0 unspecified atom stereocenters. The summed E-state index contributed by atoms with van der Waals surface area (Å²) in [5, 5.41) is 5.60. The van der Waals surface area contributed by atoms with Crippen LogP contribution in [0.5, 0.6) is 0 Å². The number of carbonyl (C=O) groups excluding carboxylic acids is 1.